The van der Waals surface area contributed by atoms with Crippen LogP contribution >= 0.6 is 0 Å². The van der Waals surface area contributed by atoms with E-state index in [-0.39, 0.29) is 23.5 Å². The smallest absolute Gasteiger partial charge is 0.273 e. The van der Waals surface area contributed by atoms with Gasteiger partial charge in [0.05, 0.1) is 18.1 Å². The fraction of sp³-hybridized carbons (Fsp3) is 0.125. The van der Waals surface area contributed by atoms with E-state index < -0.39 is 0 Å². The molecule has 28 heavy (non-hydrogen) atoms. The first-order valence-electron chi connectivity index (χ1n) is 8.16. The summed E-state index contributed by atoms with van der Waals surface area (Å²) in [6.45, 7) is 3.48. The summed E-state index contributed by atoms with van der Waals surface area (Å²) in [7, 11) is 0. The van der Waals surface area contributed by atoms with Gasteiger partial charge in [0.25, 0.3) is 5.95 Å². The highest BCUT2D eigenvalue weighted by atomic mass is 16.3. The van der Waals surface area contributed by atoms with E-state index in [9.17, 15) is 5.11 Å². The zero-order valence-electron chi connectivity index (χ0n) is 15.0. The summed E-state index contributed by atoms with van der Waals surface area (Å²) in [5.41, 5.74) is 7.01. The van der Waals surface area contributed by atoms with Crippen LogP contribution in [-0.2, 0) is 0 Å². The Kier molecular flexibility index (Phi) is 4.20. The van der Waals surface area contributed by atoms with E-state index in [2.05, 4.69) is 40.4 Å². The minimum atomic E-state index is -0.243. The second-order valence-corrected chi connectivity index (χ2v) is 5.73. The van der Waals surface area contributed by atoms with Crippen molar-refractivity contribution in [2.45, 2.75) is 13.8 Å². The Balaban J connectivity index is 1.72. The lowest BCUT2D eigenvalue weighted by Gasteiger charge is -2.02. The molecule has 0 fully saturated rings. The number of hydrogen-bond acceptors (Lipinski definition) is 10. The van der Waals surface area contributed by atoms with Crippen LogP contribution in [0.1, 0.15) is 11.5 Å². The molecule has 0 aliphatic carbocycles. The topological polar surface area (TPSA) is 158 Å². The van der Waals surface area contributed by atoms with Gasteiger partial charge in [-0.2, -0.15) is 24.4 Å². The minimum absolute atomic E-state index is 0.196. The van der Waals surface area contributed by atoms with E-state index in [1.165, 1.54) is 21.8 Å². The lowest BCUT2D eigenvalue weighted by atomic mass is 10.4. The molecular formula is C16H15N11O. The molecule has 12 nitrogen and oxygen atoms in total. The molecule has 0 saturated heterocycles. The maximum Gasteiger partial charge on any atom is 0.273 e. The quantitative estimate of drug-likeness (QED) is 0.511. The van der Waals surface area contributed by atoms with E-state index in [1.807, 2.05) is 6.07 Å². The molecule has 0 amide bonds. The van der Waals surface area contributed by atoms with E-state index in [0.29, 0.717) is 23.0 Å². The molecule has 0 aromatic carbocycles. The van der Waals surface area contributed by atoms with Crippen LogP contribution in [0.25, 0.3) is 11.6 Å². The number of nitrogens with two attached hydrogens (primary N) is 1. The van der Waals surface area contributed by atoms with Crippen LogP contribution in [0, 0.1) is 13.8 Å². The average molecular weight is 377 g/mol. The lowest BCUT2D eigenvalue weighted by Crippen LogP contribution is -2.04. The summed E-state index contributed by atoms with van der Waals surface area (Å²) in [5, 5.41) is 26.5. The summed E-state index contributed by atoms with van der Waals surface area (Å²) in [5.74, 6) is 1.55. The van der Waals surface area contributed by atoms with Crippen molar-refractivity contribution in [1.29, 1.82) is 0 Å². The van der Waals surface area contributed by atoms with Crippen molar-refractivity contribution in [1.82, 2.24) is 39.5 Å². The van der Waals surface area contributed by atoms with E-state index in [1.54, 1.807) is 32.2 Å². The van der Waals surface area contributed by atoms with Crippen LogP contribution in [0.2, 0.25) is 0 Å². The van der Waals surface area contributed by atoms with Gasteiger partial charge in [-0.3, -0.25) is 4.98 Å². The van der Waals surface area contributed by atoms with Crippen LogP contribution in [0.3, 0.4) is 0 Å². The number of pyridine rings is 1. The van der Waals surface area contributed by atoms with Gasteiger partial charge in [-0.05, 0) is 26.0 Å². The minimum Gasteiger partial charge on any atom is -0.492 e. The maximum atomic E-state index is 9.51. The molecule has 0 spiro atoms. The molecule has 4 rings (SSSR count). The third-order valence-corrected chi connectivity index (χ3v) is 3.69. The van der Waals surface area contributed by atoms with Crippen molar-refractivity contribution >= 4 is 17.5 Å². The van der Waals surface area contributed by atoms with Gasteiger partial charge >= 0.3 is 0 Å². The number of hydrogen-bond donors (Lipinski definition) is 2. The fourth-order valence-electron chi connectivity index (χ4n) is 2.48. The maximum absolute atomic E-state index is 9.51. The van der Waals surface area contributed by atoms with Gasteiger partial charge in [0.1, 0.15) is 5.82 Å². The van der Waals surface area contributed by atoms with Crippen LogP contribution < -0.4 is 5.73 Å². The number of azo groups is 1. The summed E-state index contributed by atoms with van der Waals surface area (Å²) >= 11 is 0. The average Bonchev–Trinajstić information content (AvgIpc) is 3.20. The lowest BCUT2D eigenvalue weighted by molar-refractivity contribution is 0.449. The Morgan fingerprint density at radius 2 is 1.86 bits per heavy atom. The molecule has 4 aromatic rings. The molecule has 4 heterocycles. The number of aromatic hydroxyl groups is 1. The first kappa shape index (κ1) is 17.2. The number of anilines is 1. The fourth-order valence-corrected chi connectivity index (χ4v) is 2.48. The molecule has 0 atom stereocenters. The van der Waals surface area contributed by atoms with E-state index in [0.717, 1.165) is 0 Å². The Morgan fingerprint density at radius 3 is 2.61 bits per heavy atom. The third kappa shape index (κ3) is 3.13. The second kappa shape index (κ2) is 6.83. The van der Waals surface area contributed by atoms with Crippen molar-refractivity contribution < 1.29 is 5.11 Å². The second-order valence-electron chi connectivity index (χ2n) is 5.73. The molecule has 3 N–H and O–H groups in total. The van der Waals surface area contributed by atoms with Crippen LogP contribution in [0.5, 0.6) is 5.88 Å². The van der Waals surface area contributed by atoms with Crippen LogP contribution in [0.4, 0.5) is 17.5 Å². The molecule has 140 valence electrons. The van der Waals surface area contributed by atoms with Gasteiger partial charge in [0.2, 0.25) is 5.88 Å². The summed E-state index contributed by atoms with van der Waals surface area (Å²) in [6.07, 6.45) is 4.28. The first-order chi connectivity index (χ1) is 13.5. The van der Waals surface area contributed by atoms with Crippen molar-refractivity contribution in [2.75, 3.05) is 5.73 Å². The molecule has 0 aliphatic heterocycles. The monoisotopic (exact) mass is 377 g/mol. The molecule has 0 unspecified atom stereocenters. The molecule has 0 bridgehead atoms. The highest BCUT2D eigenvalue weighted by Gasteiger charge is 2.16. The van der Waals surface area contributed by atoms with Gasteiger partial charge in [0, 0.05) is 6.20 Å². The summed E-state index contributed by atoms with van der Waals surface area (Å²) in [6, 6.07) is 5.42. The molecule has 0 aliphatic rings. The highest BCUT2D eigenvalue weighted by Crippen LogP contribution is 2.30. The van der Waals surface area contributed by atoms with Crippen LogP contribution in [-0.4, -0.2) is 44.6 Å². The van der Waals surface area contributed by atoms with Gasteiger partial charge in [-0.25, -0.2) is 4.98 Å². The number of nitrogen functional groups attached to an aromatic ring is 1. The predicted octanol–water partition coefficient (Wildman–Crippen LogP) is 1.96. The van der Waals surface area contributed by atoms with Crippen LogP contribution in [0.15, 0.2) is 47.0 Å². The van der Waals surface area contributed by atoms with Crippen molar-refractivity contribution in [3.63, 3.8) is 0 Å². The number of rotatable bonds is 4. The van der Waals surface area contributed by atoms with Gasteiger partial charge < -0.3 is 10.8 Å². The SMILES string of the molecule is Cc1nc(/N=N/c2c(C)nn(-c3cncc(O)n3)c2N)n(-c2ccccn2)n1. The Morgan fingerprint density at radius 1 is 1.00 bits per heavy atom. The normalized spacial score (nSPS) is 11.4. The number of nitrogens with zero attached hydrogens (tertiary/aromatic N) is 10. The Hall–Kier alpha value is -4.22. The predicted molar refractivity (Wildman–Crippen MR) is 98.0 cm³/mol. The number of aryl methyl sites for hydroxylation is 2. The van der Waals surface area contributed by atoms with Gasteiger partial charge in [0.15, 0.2) is 23.1 Å². The standard InChI is InChI=1S/C16H15N11O/c1-9-14(15(17)26(24-9)12-7-18-8-13(28)21-12)22-23-16-20-10(2)25-27(16)11-5-3-4-6-19-11/h3-8H,17H2,1-2H3,(H,21,28)/b23-22+. The van der Waals surface area contributed by atoms with Crippen molar-refractivity contribution in [2.24, 2.45) is 10.2 Å². The van der Waals surface area contributed by atoms with Gasteiger partial charge in [-0.1, -0.05) is 6.07 Å². The van der Waals surface area contributed by atoms with Crippen molar-refractivity contribution in [3.8, 4) is 17.5 Å². The molecule has 4 aromatic heterocycles. The number of aromatic nitrogens is 8. The van der Waals surface area contributed by atoms with Crippen molar-refractivity contribution in [3.05, 3.63) is 48.3 Å². The Bertz CT molecular complexity index is 1160. The largest absolute Gasteiger partial charge is 0.492 e. The zero-order chi connectivity index (χ0) is 19.7. The first-order valence-corrected chi connectivity index (χ1v) is 8.16. The van der Waals surface area contributed by atoms with E-state index in [4.69, 9.17) is 5.73 Å². The Labute approximate surface area is 158 Å². The summed E-state index contributed by atoms with van der Waals surface area (Å²) < 4.78 is 2.81. The molecule has 0 saturated carbocycles. The zero-order valence-corrected chi connectivity index (χ0v) is 15.0. The molecule has 0 radical (unpaired) electrons. The van der Waals surface area contributed by atoms with E-state index >= 15 is 0 Å². The molecule has 12 heteroatoms. The third-order valence-electron chi connectivity index (χ3n) is 3.69. The molecular weight excluding hydrogens is 362 g/mol. The van der Waals surface area contributed by atoms with Gasteiger partial charge in [-0.15, -0.1) is 15.3 Å². The highest BCUT2D eigenvalue weighted by molar-refractivity contribution is 5.63. The summed E-state index contributed by atoms with van der Waals surface area (Å²) in [4.78, 5) is 16.3.